The third kappa shape index (κ3) is 3.21. The first kappa shape index (κ1) is 13.5. The predicted molar refractivity (Wildman–Crippen MR) is 53.8 cm³/mol. The number of halogens is 2. The highest BCUT2D eigenvalue weighted by Gasteiger charge is 2.22. The molecule has 5 nitrogen and oxygen atoms in total. The fourth-order valence-electron chi connectivity index (χ4n) is 0.995. The highest BCUT2D eigenvalue weighted by atomic mass is 32.2. The Labute approximate surface area is 96.1 Å². The molecular weight excluding hydrogens is 256 g/mol. The normalized spacial score (nSPS) is 13.4. The highest BCUT2D eigenvalue weighted by molar-refractivity contribution is 7.89. The summed E-state index contributed by atoms with van der Waals surface area (Å²) >= 11 is 0. The molecule has 1 unspecified atom stereocenters. The molecule has 0 amide bonds. The lowest BCUT2D eigenvalue weighted by molar-refractivity contribution is -0.138. The van der Waals surface area contributed by atoms with Crippen molar-refractivity contribution in [1.29, 1.82) is 0 Å². The molecule has 0 spiro atoms. The Hall–Kier alpha value is -1.54. The molecule has 0 heterocycles. The van der Waals surface area contributed by atoms with Crippen LogP contribution in [0, 0.1) is 11.6 Å². The lowest BCUT2D eigenvalue weighted by Crippen LogP contribution is -2.38. The SMILES string of the molecule is CC(NS(=O)(=O)c1ccc(F)c(F)c1)C(=O)O. The van der Waals surface area contributed by atoms with E-state index in [1.807, 2.05) is 0 Å². The molecule has 1 atom stereocenters. The van der Waals surface area contributed by atoms with Gasteiger partial charge in [-0.2, -0.15) is 4.72 Å². The van der Waals surface area contributed by atoms with Crippen LogP contribution in [0.3, 0.4) is 0 Å². The minimum atomic E-state index is -4.18. The van der Waals surface area contributed by atoms with Crippen LogP contribution in [0.1, 0.15) is 6.92 Å². The number of carbonyl (C=O) groups is 1. The summed E-state index contributed by atoms with van der Waals surface area (Å²) in [6.45, 7) is 1.11. The number of benzene rings is 1. The molecule has 1 aromatic rings. The zero-order valence-corrected chi connectivity index (χ0v) is 9.46. The van der Waals surface area contributed by atoms with Gasteiger partial charge < -0.3 is 5.11 Å². The fraction of sp³-hybridized carbons (Fsp3) is 0.222. The Bertz CT molecular complexity index is 544. The van der Waals surface area contributed by atoms with E-state index in [1.165, 1.54) is 0 Å². The van der Waals surface area contributed by atoms with Gasteiger partial charge >= 0.3 is 5.97 Å². The van der Waals surface area contributed by atoms with E-state index in [9.17, 15) is 22.0 Å². The molecule has 0 radical (unpaired) electrons. The van der Waals surface area contributed by atoms with Gasteiger partial charge in [-0.15, -0.1) is 0 Å². The van der Waals surface area contributed by atoms with Crippen LogP contribution in [0.5, 0.6) is 0 Å². The van der Waals surface area contributed by atoms with E-state index in [4.69, 9.17) is 5.11 Å². The summed E-state index contributed by atoms with van der Waals surface area (Å²) < 4.78 is 50.3. The Balaban J connectivity index is 3.05. The van der Waals surface area contributed by atoms with Crippen LogP contribution in [0.15, 0.2) is 23.1 Å². The third-order valence-electron chi connectivity index (χ3n) is 1.90. The molecule has 94 valence electrons. The van der Waals surface area contributed by atoms with E-state index in [-0.39, 0.29) is 0 Å². The summed E-state index contributed by atoms with van der Waals surface area (Å²) in [5.41, 5.74) is 0. The Morgan fingerprint density at radius 2 is 1.94 bits per heavy atom. The molecule has 0 aromatic heterocycles. The van der Waals surface area contributed by atoms with Gasteiger partial charge in [-0.05, 0) is 25.1 Å². The van der Waals surface area contributed by atoms with Gasteiger partial charge in [0, 0.05) is 0 Å². The molecule has 0 bridgehead atoms. The molecule has 1 rings (SSSR count). The molecule has 0 fully saturated rings. The van der Waals surface area contributed by atoms with Crippen molar-refractivity contribution in [3.63, 3.8) is 0 Å². The molecule has 8 heteroatoms. The second kappa shape index (κ2) is 4.76. The number of hydrogen-bond donors (Lipinski definition) is 2. The van der Waals surface area contributed by atoms with Gasteiger partial charge in [0.25, 0.3) is 0 Å². The van der Waals surface area contributed by atoms with E-state index in [0.717, 1.165) is 13.0 Å². The summed E-state index contributed by atoms with van der Waals surface area (Å²) in [6.07, 6.45) is 0. The number of aliphatic carboxylic acids is 1. The fourth-order valence-corrected chi connectivity index (χ4v) is 2.20. The predicted octanol–water partition coefficient (Wildman–Crippen LogP) is 0.716. The Morgan fingerprint density at radius 3 is 2.41 bits per heavy atom. The summed E-state index contributed by atoms with van der Waals surface area (Å²) in [5, 5.41) is 8.53. The van der Waals surface area contributed by atoms with Crippen molar-refractivity contribution in [3.05, 3.63) is 29.8 Å². The molecule has 0 aliphatic carbocycles. The maximum absolute atomic E-state index is 12.8. The van der Waals surface area contributed by atoms with Crippen LogP contribution in [0.25, 0.3) is 0 Å². The topological polar surface area (TPSA) is 83.5 Å². The van der Waals surface area contributed by atoms with E-state index in [0.29, 0.717) is 12.1 Å². The first-order chi connectivity index (χ1) is 7.74. The first-order valence-electron chi connectivity index (χ1n) is 4.44. The molecule has 0 aliphatic rings. The summed E-state index contributed by atoms with van der Waals surface area (Å²) in [5.74, 6) is -3.89. The van der Waals surface area contributed by atoms with Crippen LogP contribution in [0.2, 0.25) is 0 Å². The van der Waals surface area contributed by atoms with E-state index < -0.39 is 38.6 Å². The van der Waals surface area contributed by atoms with E-state index in [2.05, 4.69) is 0 Å². The zero-order chi connectivity index (χ0) is 13.2. The maximum Gasteiger partial charge on any atom is 0.321 e. The number of nitrogens with one attached hydrogen (secondary N) is 1. The van der Waals surface area contributed by atoms with Crippen molar-refractivity contribution in [2.24, 2.45) is 0 Å². The quantitative estimate of drug-likeness (QED) is 0.840. The minimum absolute atomic E-state index is 0.478. The van der Waals surface area contributed by atoms with E-state index >= 15 is 0 Å². The average molecular weight is 265 g/mol. The maximum atomic E-state index is 12.8. The van der Waals surface area contributed by atoms with Crippen molar-refractivity contribution in [3.8, 4) is 0 Å². The van der Waals surface area contributed by atoms with Crippen molar-refractivity contribution < 1.29 is 27.1 Å². The van der Waals surface area contributed by atoms with Gasteiger partial charge in [0.15, 0.2) is 11.6 Å². The molecular formula is C9H9F2NO4S. The van der Waals surface area contributed by atoms with Gasteiger partial charge in [0.2, 0.25) is 10.0 Å². The smallest absolute Gasteiger partial charge is 0.321 e. The average Bonchev–Trinajstić information content (AvgIpc) is 2.21. The molecule has 17 heavy (non-hydrogen) atoms. The standard InChI is InChI=1S/C9H9F2NO4S/c1-5(9(13)14)12-17(15,16)6-2-3-7(10)8(11)4-6/h2-5,12H,1H3,(H,13,14). The van der Waals surface area contributed by atoms with Gasteiger partial charge in [-0.1, -0.05) is 0 Å². The summed E-state index contributed by atoms with van der Waals surface area (Å²) in [7, 11) is -4.18. The number of sulfonamides is 1. The van der Waals surface area contributed by atoms with Crippen LogP contribution >= 0.6 is 0 Å². The van der Waals surface area contributed by atoms with Crippen molar-refractivity contribution >= 4 is 16.0 Å². The summed E-state index contributed by atoms with van der Waals surface area (Å²) in [6, 6.07) is 0.602. The third-order valence-corrected chi connectivity index (χ3v) is 3.44. The zero-order valence-electron chi connectivity index (χ0n) is 8.65. The van der Waals surface area contributed by atoms with Crippen LogP contribution in [0.4, 0.5) is 8.78 Å². The van der Waals surface area contributed by atoms with Crippen LogP contribution in [-0.4, -0.2) is 25.5 Å². The van der Waals surface area contributed by atoms with Gasteiger partial charge in [0.05, 0.1) is 4.90 Å². The van der Waals surface area contributed by atoms with E-state index in [1.54, 1.807) is 4.72 Å². The summed E-state index contributed by atoms with van der Waals surface area (Å²) in [4.78, 5) is 9.93. The van der Waals surface area contributed by atoms with Gasteiger partial charge in [-0.3, -0.25) is 4.79 Å². The first-order valence-corrected chi connectivity index (χ1v) is 5.92. The largest absolute Gasteiger partial charge is 0.480 e. The van der Waals surface area contributed by atoms with Crippen LogP contribution in [-0.2, 0) is 14.8 Å². The number of carboxylic acids is 1. The lowest BCUT2D eigenvalue weighted by atomic mass is 10.3. The highest BCUT2D eigenvalue weighted by Crippen LogP contribution is 2.13. The molecule has 1 aromatic carbocycles. The molecule has 0 saturated carbocycles. The van der Waals surface area contributed by atoms with Gasteiger partial charge in [-0.25, -0.2) is 17.2 Å². The van der Waals surface area contributed by atoms with Crippen molar-refractivity contribution in [2.45, 2.75) is 17.9 Å². The second-order valence-electron chi connectivity index (χ2n) is 3.26. The molecule has 0 saturated heterocycles. The Morgan fingerprint density at radius 1 is 1.35 bits per heavy atom. The molecule has 2 N–H and O–H groups in total. The number of rotatable bonds is 4. The minimum Gasteiger partial charge on any atom is -0.480 e. The van der Waals surface area contributed by atoms with Crippen molar-refractivity contribution in [2.75, 3.05) is 0 Å². The monoisotopic (exact) mass is 265 g/mol. The van der Waals surface area contributed by atoms with Crippen LogP contribution < -0.4 is 4.72 Å². The Kier molecular flexibility index (Phi) is 3.79. The lowest BCUT2D eigenvalue weighted by Gasteiger charge is -2.10. The number of hydrogen-bond acceptors (Lipinski definition) is 3. The van der Waals surface area contributed by atoms with Gasteiger partial charge in [0.1, 0.15) is 6.04 Å². The molecule has 0 aliphatic heterocycles. The second-order valence-corrected chi connectivity index (χ2v) is 4.97. The number of carboxylic acid groups (broad SMARTS) is 1. The van der Waals surface area contributed by atoms with Crippen molar-refractivity contribution in [1.82, 2.24) is 4.72 Å².